The van der Waals surface area contributed by atoms with Crippen LogP contribution in [0.3, 0.4) is 0 Å². The Morgan fingerprint density at radius 3 is 2.18 bits per heavy atom. The summed E-state index contributed by atoms with van der Waals surface area (Å²) in [6.07, 6.45) is 1.93. The molecule has 2 heteroatoms. The minimum Gasteiger partial charge on any atom is -0.256 e. The van der Waals surface area contributed by atoms with Gasteiger partial charge in [-0.1, -0.05) is 84.1 Å². The van der Waals surface area contributed by atoms with Gasteiger partial charge >= 0.3 is 0 Å². The lowest BCUT2D eigenvalue weighted by Crippen LogP contribution is -2.52. The van der Waals surface area contributed by atoms with Crippen LogP contribution in [0.15, 0.2) is 72.9 Å². The Labute approximate surface area is 133 Å². The summed E-state index contributed by atoms with van der Waals surface area (Å²) in [6, 6.07) is 24.0. The molecule has 0 aliphatic carbocycles. The minimum atomic E-state index is -1.66. The third kappa shape index (κ3) is 2.88. The molecule has 0 N–H and O–H groups in total. The lowest BCUT2D eigenvalue weighted by atomic mass is 10.1. The van der Waals surface area contributed by atoms with E-state index in [2.05, 4.69) is 91.7 Å². The molecule has 0 amide bonds. The number of nitrogens with zero attached hydrogens (tertiary/aromatic N) is 1. The van der Waals surface area contributed by atoms with E-state index in [4.69, 9.17) is 0 Å². The molecule has 110 valence electrons. The van der Waals surface area contributed by atoms with Crippen molar-refractivity contribution >= 4 is 18.4 Å². The van der Waals surface area contributed by atoms with Crippen molar-refractivity contribution in [2.24, 2.45) is 0 Å². The molecular formula is C20H21NSi. The molecule has 3 aromatic rings. The number of pyridine rings is 1. The van der Waals surface area contributed by atoms with Crippen LogP contribution in [0, 0.1) is 6.92 Å². The minimum absolute atomic E-state index is 1.05. The monoisotopic (exact) mass is 303 g/mol. The van der Waals surface area contributed by atoms with Gasteiger partial charge in [0.05, 0.1) is 5.69 Å². The maximum atomic E-state index is 4.56. The first kappa shape index (κ1) is 14.7. The van der Waals surface area contributed by atoms with Crippen LogP contribution in [0.25, 0.3) is 11.3 Å². The van der Waals surface area contributed by atoms with Crippen molar-refractivity contribution in [2.75, 3.05) is 0 Å². The maximum Gasteiger partial charge on any atom is 0.112 e. The van der Waals surface area contributed by atoms with Crippen molar-refractivity contribution in [1.82, 2.24) is 4.98 Å². The Bertz CT molecular complexity index is 761. The summed E-state index contributed by atoms with van der Waals surface area (Å²) < 4.78 is 0. The Morgan fingerprint density at radius 1 is 0.773 bits per heavy atom. The Balaban J connectivity index is 2.02. The van der Waals surface area contributed by atoms with Crippen LogP contribution in [-0.2, 0) is 0 Å². The van der Waals surface area contributed by atoms with E-state index in [1.165, 1.54) is 21.5 Å². The third-order valence-electron chi connectivity index (χ3n) is 4.29. The zero-order valence-corrected chi connectivity index (χ0v) is 14.4. The number of rotatable bonds is 3. The van der Waals surface area contributed by atoms with Crippen molar-refractivity contribution in [1.29, 1.82) is 0 Å². The molecule has 0 aliphatic heterocycles. The molecule has 0 atom stereocenters. The number of benzene rings is 2. The first-order chi connectivity index (χ1) is 10.6. The standard InChI is InChI=1S/C20H21NSi/c1-16-12-13-20(21-15-16)17-8-7-11-19(14-17)22(2,3)18-9-5-4-6-10-18/h4-15H,1-3H3. The van der Waals surface area contributed by atoms with Gasteiger partial charge in [0.25, 0.3) is 0 Å². The molecule has 0 saturated heterocycles. The van der Waals surface area contributed by atoms with Crippen LogP contribution in [0.4, 0.5) is 0 Å². The van der Waals surface area contributed by atoms with Crippen LogP contribution in [0.5, 0.6) is 0 Å². The zero-order valence-electron chi connectivity index (χ0n) is 13.4. The van der Waals surface area contributed by atoms with Crippen molar-refractivity contribution in [2.45, 2.75) is 20.0 Å². The highest BCUT2D eigenvalue weighted by molar-refractivity contribution is 7.00. The van der Waals surface area contributed by atoms with Gasteiger partial charge in [-0.05, 0) is 24.1 Å². The second kappa shape index (κ2) is 5.89. The zero-order chi connectivity index (χ0) is 15.6. The first-order valence-corrected chi connectivity index (χ1v) is 10.7. The van der Waals surface area contributed by atoms with E-state index >= 15 is 0 Å². The van der Waals surface area contributed by atoms with Gasteiger partial charge in [-0.3, -0.25) is 4.98 Å². The molecule has 0 aliphatic rings. The highest BCUT2D eigenvalue weighted by atomic mass is 28.3. The second-order valence-corrected chi connectivity index (χ2v) is 10.7. The van der Waals surface area contributed by atoms with Crippen LogP contribution in [-0.4, -0.2) is 13.1 Å². The molecule has 0 radical (unpaired) electrons. The largest absolute Gasteiger partial charge is 0.256 e. The topological polar surface area (TPSA) is 12.9 Å². The van der Waals surface area contributed by atoms with Gasteiger partial charge < -0.3 is 0 Å². The molecule has 0 fully saturated rings. The highest BCUT2D eigenvalue weighted by Gasteiger charge is 2.25. The fourth-order valence-electron chi connectivity index (χ4n) is 2.73. The number of aryl methyl sites for hydroxylation is 1. The third-order valence-corrected chi connectivity index (χ3v) is 7.82. The highest BCUT2D eigenvalue weighted by Crippen LogP contribution is 2.17. The first-order valence-electron chi connectivity index (χ1n) is 7.66. The molecule has 0 spiro atoms. The SMILES string of the molecule is Cc1ccc(-c2cccc([Si](C)(C)c3ccccc3)c2)nc1. The van der Waals surface area contributed by atoms with Gasteiger partial charge in [0.15, 0.2) is 0 Å². The van der Waals surface area contributed by atoms with E-state index in [1.807, 2.05) is 6.20 Å². The van der Waals surface area contributed by atoms with E-state index in [0.29, 0.717) is 0 Å². The number of hydrogen-bond donors (Lipinski definition) is 0. The Hall–Kier alpha value is -2.19. The Kier molecular flexibility index (Phi) is 3.95. The fraction of sp³-hybridized carbons (Fsp3) is 0.150. The summed E-state index contributed by atoms with van der Waals surface area (Å²) >= 11 is 0. The Morgan fingerprint density at radius 2 is 1.50 bits per heavy atom. The van der Waals surface area contributed by atoms with Gasteiger partial charge in [0, 0.05) is 6.20 Å². The summed E-state index contributed by atoms with van der Waals surface area (Å²) in [5.74, 6) is 0. The molecule has 22 heavy (non-hydrogen) atoms. The molecule has 0 bridgehead atoms. The molecule has 1 heterocycles. The summed E-state index contributed by atoms with van der Waals surface area (Å²) in [6.45, 7) is 6.88. The molecule has 3 rings (SSSR count). The van der Waals surface area contributed by atoms with Crippen LogP contribution in [0.2, 0.25) is 13.1 Å². The van der Waals surface area contributed by atoms with Crippen molar-refractivity contribution < 1.29 is 0 Å². The molecular weight excluding hydrogens is 282 g/mol. The lowest BCUT2D eigenvalue weighted by molar-refractivity contribution is 1.27. The van der Waals surface area contributed by atoms with E-state index in [1.54, 1.807) is 0 Å². The molecule has 2 aromatic carbocycles. The van der Waals surface area contributed by atoms with Crippen LogP contribution < -0.4 is 10.4 Å². The molecule has 0 saturated carbocycles. The quantitative estimate of drug-likeness (QED) is 0.669. The smallest absolute Gasteiger partial charge is 0.112 e. The van der Waals surface area contributed by atoms with Crippen molar-refractivity contribution in [3.63, 3.8) is 0 Å². The van der Waals surface area contributed by atoms with Crippen LogP contribution in [0.1, 0.15) is 5.56 Å². The van der Waals surface area contributed by atoms with Gasteiger partial charge in [-0.2, -0.15) is 0 Å². The van der Waals surface area contributed by atoms with E-state index in [-0.39, 0.29) is 0 Å². The summed E-state index contributed by atoms with van der Waals surface area (Å²) in [7, 11) is -1.66. The average Bonchev–Trinajstić information content (AvgIpc) is 2.56. The maximum absolute atomic E-state index is 4.56. The average molecular weight is 303 g/mol. The summed E-state index contributed by atoms with van der Waals surface area (Å²) in [4.78, 5) is 4.56. The predicted molar refractivity (Wildman–Crippen MR) is 97.6 cm³/mol. The second-order valence-electron chi connectivity index (χ2n) is 6.29. The molecule has 1 nitrogen and oxygen atoms in total. The van der Waals surface area contributed by atoms with Gasteiger partial charge in [-0.15, -0.1) is 0 Å². The van der Waals surface area contributed by atoms with E-state index in [0.717, 1.165) is 5.69 Å². The lowest BCUT2D eigenvalue weighted by Gasteiger charge is -2.24. The van der Waals surface area contributed by atoms with Gasteiger partial charge in [0.2, 0.25) is 0 Å². The summed E-state index contributed by atoms with van der Waals surface area (Å²) in [5, 5.41) is 2.91. The number of hydrogen-bond acceptors (Lipinski definition) is 1. The molecule has 0 unspecified atom stereocenters. The van der Waals surface area contributed by atoms with Gasteiger partial charge in [0.1, 0.15) is 8.07 Å². The van der Waals surface area contributed by atoms with E-state index in [9.17, 15) is 0 Å². The predicted octanol–water partition coefficient (Wildman–Crippen LogP) is 3.88. The van der Waals surface area contributed by atoms with Crippen molar-refractivity contribution in [3.05, 3.63) is 78.5 Å². The normalized spacial score (nSPS) is 11.4. The van der Waals surface area contributed by atoms with Gasteiger partial charge in [-0.25, -0.2) is 0 Å². The molecule has 1 aromatic heterocycles. The summed E-state index contributed by atoms with van der Waals surface area (Å²) in [5.41, 5.74) is 3.44. The fourth-order valence-corrected chi connectivity index (χ4v) is 5.12. The van der Waals surface area contributed by atoms with Crippen LogP contribution >= 0.6 is 0 Å². The van der Waals surface area contributed by atoms with Crippen molar-refractivity contribution in [3.8, 4) is 11.3 Å². The number of aromatic nitrogens is 1. The van der Waals surface area contributed by atoms with E-state index < -0.39 is 8.07 Å².